The molecule has 4 amide bonds. The largest absolute Gasteiger partial charge is 0.497 e. The smallest absolute Gasteiger partial charge is 0.250 e. The van der Waals surface area contributed by atoms with E-state index in [-0.39, 0.29) is 19.0 Å². The molecular formula is C25H27N5O5S. The first-order valence-electron chi connectivity index (χ1n) is 11.4. The lowest BCUT2D eigenvalue weighted by atomic mass is 9.92. The van der Waals surface area contributed by atoms with Gasteiger partial charge in [0.05, 0.1) is 30.3 Å². The van der Waals surface area contributed by atoms with Crippen molar-refractivity contribution in [1.82, 2.24) is 15.2 Å². The summed E-state index contributed by atoms with van der Waals surface area (Å²) in [6.45, 7) is 1.20. The Hall–Kier alpha value is -3.99. The van der Waals surface area contributed by atoms with Crippen LogP contribution in [0.3, 0.4) is 0 Å². The number of nitrogens with zero attached hydrogens (tertiary/aromatic N) is 2. The van der Waals surface area contributed by atoms with E-state index < -0.39 is 29.7 Å². The summed E-state index contributed by atoms with van der Waals surface area (Å²) in [6, 6.07) is 7.41. The van der Waals surface area contributed by atoms with Crippen molar-refractivity contribution in [2.75, 3.05) is 25.5 Å². The van der Waals surface area contributed by atoms with Gasteiger partial charge in [-0.25, -0.2) is 4.98 Å². The zero-order valence-corrected chi connectivity index (χ0v) is 20.8. The van der Waals surface area contributed by atoms with Crippen LogP contribution in [0, 0.1) is 0 Å². The van der Waals surface area contributed by atoms with E-state index in [2.05, 4.69) is 15.6 Å². The molecule has 11 heteroatoms. The second kappa shape index (κ2) is 10.3. The van der Waals surface area contributed by atoms with Crippen LogP contribution in [-0.4, -0.2) is 59.3 Å². The molecule has 0 spiro atoms. The van der Waals surface area contributed by atoms with Crippen LogP contribution in [0.4, 0.5) is 5.13 Å². The number of nitrogens with one attached hydrogen (secondary N) is 2. The molecule has 2 aromatic rings. The minimum Gasteiger partial charge on any atom is -0.497 e. The van der Waals surface area contributed by atoms with Crippen LogP contribution >= 0.6 is 11.3 Å². The number of carbonyl (C=O) groups excluding carboxylic acids is 4. The molecular weight excluding hydrogens is 482 g/mol. The fourth-order valence-corrected chi connectivity index (χ4v) is 5.28. The summed E-state index contributed by atoms with van der Waals surface area (Å²) in [6.07, 6.45) is 6.15. The molecule has 0 radical (unpaired) electrons. The number of allylic oxidation sites excluding steroid dienone is 2. The van der Waals surface area contributed by atoms with E-state index in [9.17, 15) is 19.2 Å². The Labute approximate surface area is 211 Å². The van der Waals surface area contributed by atoms with E-state index in [0.717, 1.165) is 15.8 Å². The quantitative estimate of drug-likeness (QED) is 0.497. The van der Waals surface area contributed by atoms with Crippen LogP contribution in [0.2, 0.25) is 0 Å². The Morgan fingerprint density at radius 2 is 2.03 bits per heavy atom. The van der Waals surface area contributed by atoms with Gasteiger partial charge in [-0.05, 0) is 42.7 Å². The van der Waals surface area contributed by atoms with Crippen LogP contribution in [0.15, 0.2) is 59.4 Å². The van der Waals surface area contributed by atoms with Crippen molar-refractivity contribution in [3.63, 3.8) is 0 Å². The number of hydrogen-bond donors (Lipinski definition) is 3. The number of anilines is 1. The minimum atomic E-state index is -1.80. The van der Waals surface area contributed by atoms with E-state index in [4.69, 9.17) is 10.5 Å². The highest BCUT2D eigenvalue weighted by Gasteiger charge is 2.44. The number of ether oxygens (including phenoxy) is 1. The monoisotopic (exact) mass is 509 g/mol. The number of aromatic nitrogens is 1. The predicted octanol–water partition coefficient (Wildman–Crippen LogP) is 2.00. The third-order valence-electron chi connectivity index (χ3n) is 6.07. The highest BCUT2D eigenvalue weighted by Crippen LogP contribution is 2.30. The van der Waals surface area contributed by atoms with Crippen LogP contribution in [0.25, 0.3) is 10.2 Å². The minimum absolute atomic E-state index is 0.218. The average Bonchev–Trinajstić information content (AvgIpc) is 3.33. The van der Waals surface area contributed by atoms with Gasteiger partial charge in [-0.1, -0.05) is 29.5 Å². The molecule has 2 aliphatic rings. The van der Waals surface area contributed by atoms with Gasteiger partial charge in [0, 0.05) is 19.0 Å². The summed E-state index contributed by atoms with van der Waals surface area (Å²) in [4.78, 5) is 56.8. The summed E-state index contributed by atoms with van der Waals surface area (Å²) in [5.41, 5.74) is 6.08. The zero-order valence-electron chi connectivity index (χ0n) is 20.0. The molecule has 1 atom stereocenters. The summed E-state index contributed by atoms with van der Waals surface area (Å²) in [7, 11) is 1.58. The van der Waals surface area contributed by atoms with Gasteiger partial charge in [0.1, 0.15) is 11.3 Å². The Morgan fingerprint density at radius 3 is 2.72 bits per heavy atom. The molecule has 2 heterocycles. The lowest BCUT2D eigenvalue weighted by molar-refractivity contribution is -0.137. The molecule has 4 N–H and O–H groups in total. The zero-order chi connectivity index (χ0) is 25.9. The maximum Gasteiger partial charge on any atom is 0.250 e. The first-order chi connectivity index (χ1) is 17.2. The lowest BCUT2D eigenvalue weighted by Crippen LogP contribution is -2.64. The van der Waals surface area contributed by atoms with Crippen molar-refractivity contribution in [1.29, 1.82) is 0 Å². The molecule has 1 unspecified atom stereocenters. The van der Waals surface area contributed by atoms with Gasteiger partial charge >= 0.3 is 0 Å². The second-order valence-electron chi connectivity index (χ2n) is 8.69. The molecule has 0 bridgehead atoms. The molecule has 188 valence electrons. The van der Waals surface area contributed by atoms with E-state index in [1.165, 1.54) is 23.2 Å². The van der Waals surface area contributed by atoms with Crippen molar-refractivity contribution in [2.45, 2.75) is 31.7 Å². The lowest BCUT2D eigenvalue weighted by Gasteiger charge is -2.34. The molecule has 4 rings (SSSR count). The molecule has 36 heavy (non-hydrogen) atoms. The number of methoxy groups -OCH3 is 1. The van der Waals surface area contributed by atoms with Gasteiger partial charge < -0.3 is 26.0 Å². The summed E-state index contributed by atoms with van der Waals surface area (Å²) in [5.74, 6) is -1.58. The van der Waals surface area contributed by atoms with Crippen molar-refractivity contribution in [3.8, 4) is 0 Å². The van der Waals surface area contributed by atoms with Crippen LogP contribution < -0.4 is 16.4 Å². The number of carbonyl (C=O) groups is 4. The molecule has 1 aliphatic heterocycles. The molecule has 0 saturated heterocycles. The van der Waals surface area contributed by atoms with Gasteiger partial charge in [-0.2, -0.15) is 0 Å². The average molecular weight is 510 g/mol. The van der Waals surface area contributed by atoms with E-state index in [1.807, 2.05) is 36.4 Å². The number of amides is 4. The Morgan fingerprint density at radius 1 is 1.25 bits per heavy atom. The highest BCUT2D eigenvalue weighted by molar-refractivity contribution is 7.22. The van der Waals surface area contributed by atoms with Gasteiger partial charge in [-0.3, -0.25) is 19.2 Å². The van der Waals surface area contributed by atoms with E-state index in [1.54, 1.807) is 13.2 Å². The molecule has 0 fully saturated rings. The van der Waals surface area contributed by atoms with Gasteiger partial charge in [-0.15, -0.1) is 0 Å². The number of primary amides is 1. The van der Waals surface area contributed by atoms with Crippen LogP contribution in [0.1, 0.15) is 26.2 Å². The summed E-state index contributed by atoms with van der Waals surface area (Å²) < 4.78 is 6.18. The number of benzene rings is 1. The van der Waals surface area contributed by atoms with Gasteiger partial charge in [0.2, 0.25) is 17.7 Å². The Kier molecular flexibility index (Phi) is 7.20. The number of rotatable bonds is 8. The summed E-state index contributed by atoms with van der Waals surface area (Å²) >= 11 is 1.29. The third kappa shape index (κ3) is 5.30. The van der Waals surface area contributed by atoms with Gasteiger partial charge in [0.15, 0.2) is 5.13 Å². The van der Waals surface area contributed by atoms with Crippen molar-refractivity contribution in [3.05, 3.63) is 59.4 Å². The third-order valence-corrected chi connectivity index (χ3v) is 7.02. The van der Waals surface area contributed by atoms with Crippen LogP contribution in [0.5, 0.6) is 0 Å². The van der Waals surface area contributed by atoms with Crippen molar-refractivity contribution in [2.24, 2.45) is 5.73 Å². The number of thiazole rings is 1. The normalized spacial score (nSPS) is 18.0. The Bertz CT molecular complexity index is 1290. The molecule has 10 nitrogen and oxygen atoms in total. The van der Waals surface area contributed by atoms with Gasteiger partial charge in [0.25, 0.3) is 5.91 Å². The van der Waals surface area contributed by atoms with Crippen molar-refractivity contribution >= 4 is 50.3 Å². The maximum atomic E-state index is 13.2. The van der Waals surface area contributed by atoms with Crippen LogP contribution in [-0.2, 0) is 23.9 Å². The van der Waals surface area contributed by atoms with Crippen molar-refractivity contribution < 1.29 is 23.9 Å². The number of hydrogen-bond acceptors (Lipinski definition) is 7. The number of fused-ring (bicyclic) bond motifs is 1. The first kappa shape index (κ1) is 25.1. The highest BCUT2D eigenvalue weighted by atomic mass is 32.1. The number of para-hydroxylation sites is 1. The predicted molar refractivity (Wildman–Crippen MR) is 136 cm³/mol. The maximum absolute atomic E-state index is 13.2. The Balaban J connectivity index is 1.54. The molecule has 0 saturated carbocycles. The van der Waals surface area contributed by atoms with E-state index >= 15 is 0 Å². The standard InChI is InChI=1S/C25H27N5O5S/c1-15(31)29-25(23(26)34,12-21(32)28-24-27-19-8-3-4-9-20(19)36-24)14-30-13-16-10-11-17(35-2)6-5-7-18(16)22(30)33/h3-4,6,8-11H,5,7,12-14H2,1-2H3,(H2,26,34)(H,29,31)(H,27,28,32)/b11-10-,17-6?. The van der Waals surface area contributed by atoms with E-state index in [0.29, 0.717) is 29.3 Å². The molecule has 1 aliphatic carbocycles. The second-order valence-corrected chi connectivity index (χ2v) is 9.72. The first-order valence-corrected chi connectivity index (χ1v) is 12.2. The SMILES string of the molecule is COC1=CCCC2=C(/C=C\1)CN(CC(CC(=O)Nc1nc3ccccc3s1)(NC(C)=O)C(N)=O)C2=O. The fourth-order valence-electron chi connectivity index (χ4n) is 4.40. The summed E-state index contributed by atoms with van der Waals surface area (Å²) in [5, 5.41) is 5.60. The molecule has 1 aromatic carbocycles. The number of nitrogens with two attached hydrogens (primary N) is 1. The molecule has 1 aromatic heterocycles. The fraction of sp³-hybridized carbons (Fsp3) is 0.320. The topological polar surface area (TPSA) is 144 Å².